The predicted molar refractivity (Wildman–Crippen MR) is 62.0 cm³/mol. The average Bonchev–Trinajstić information content (AvgIpc) is 2.20. The van der Waals surface area contributed by atoms with E-state index in [1.807, 2.05) is 6.08 Å². The summed E-state index contributed by atoms with van der Waals surface area (Å²) in [6.45, 7) is 11.5. The highest BCUT2D eigenvalue weighted by atomic mass is 15.1. The molecule has 2 heteroatoms. The Morgan fingerprint density at radius 3 is 2.64 bits per heavy atom. The second kappa shape index (κ2) is 8.42. The normalized spacial score (nSPS) is 14.3. The molecule has 0 radical (unpaired) electrons. The molecule has 0 aliphatic rings. The van der Waals surface area contributed by atoms with Crippen LogP contribution in [-0.4, -0.2) is 0 Å². The highest BCUT2D eigenvalue weighted by Gasteiger charge is 2.06. The van der Waals surface area contributed by atoms with Gasteiger partial charge in [0.05, 0.1) is 5.70 Å². The van der Waals surface area contributed by atoms with Crippen LogP contribution in [0.25, 0.3) is 0 Å². The summed E-state index contributed by atoms with van der Waals surface area (Å²) < 4.78 is 0. The van der Waals surface area contributed by atoms with Crippen LogP contribution in [0, 0.1) is 5.92 Å². The molecule has 0 aromatic rings. The van der Waals surface area contributed by atoms with Crippen LogP contribution >= 0.6 is 0 Å². The van der Waals surface area contributed by atoms with Crippen LogP contribution < -0.4 is 0 Å². The van der Waals surface area contributed by atoms with Crippen molar-refractivity contribution in [2.75, 3.05) is 0 Å². The zero-order valence-corrected chi connectivity index (χ0v) is 9.24. The van der Waals surface area contributed by atoms with Gasteiger partial charge >= 0.3 is 0 Å². The number of azo groups is 1. The third kappa shape index (κ3) is 5.46. The van der Waals surface area contributed by atoms with E-state index in [-0.39, 0.29) is 0 Å². The van der Waals surface area contributed by atoms with Crippen molar-refractivity contribution in [2.45, 2.75) is 33.1 Å². The van der Waals surface area contributed by atoms with Crippen LogP contribution in [-0.2, 0) is 0 Å². The SMILES string of the molecule is C=C/C=C(\N=N/C=C)C(C)CCCC. The highest BCUT2D eigenvalue weighted by Crippen LogP contribution is 2.19. The van der Waals surface area contributed by atoms with Crippen LogP contribution in [0.5, 0.6) is 0 Å². The minimum atomic E-state index is 0.441. The van der Waals surface area contributed by atoms with Crippen LogP contribution in [0.3, 0.4) is 0 Å². The van der Waals surface area contributed by atoms with Gasteiger partial charge in [0.2, 0.25) is 0 Å². The number of nitrogens with zero attached hydrogens (tertiary/aromatic N) is 2. The largest absolute Gasteiger partial charge is 0.160 e. The first-order valence-corrected chi connectivity index (χ1v) is 5.10. The maximum absolute atomic E-state index is 4.08. The molecule has 0 N–H and O–H groups in total. The topological polar surface area (TPSA) is 24.7 Å². The molecular weight excluding hydrogens is 172 g/mol. The van der Waals surface area contributed by atoms with Gasteiger partial charge in [0, 0.05) is 12.1 Å². The molecule has 1 unspecified atom stereocenters. The molecule has 0 saturated heterocycles. The number of allylic oxidation sites excluding steroid dienone is 3. The Balaban J connectivity index is 4.32. The Hall–Kier alpha value is -1.18. The zero-order valence-electron chi connectivity index (χ0n) is 9.24. The second-order valence-electron chi connectivity index (χ2n) is 3.27. The fraction of sp³-hybridized carbons (Fsp3) is 0.500. The summed E-state index contributed by atoms with van der Waals surface area (Å²) in [4.78, 5) is 0. The molecule has 0 rings (SSSR count). The van der Waals surface area contributed by atoms with Crippen LogP contribution in [0.15, 0.2) is 47.4 Å². The fourth-order valence-electron chi connectivity index (χ4n) is 1.18. The molecule has 14 heavy (non-hydrogen) atoms. The third-order valence-electron chi connectivity index (χ3n) is 2.04. The Labute approximate surface area is 87.1 Å². The van der Waals surface area contributed by atoms with Crippen molar-refractivity contribution < 1.29 is 0 Å². The molecule has 0 amide bonds. The van der Waals surface area contributed by atoms with Gasteiger partial charge in [-0.15, -0.1) is 0 Å². The van der Waals surface area contributed by atoms with E-state index in [2.05, 4.69) is 37.2 Å². The van der Waals surface area contributed by atoms with Crippen molar-refractivity contribution in [3.8, 4) is 0 Å². The van der Waals surface area contributed by atoms with E-state index >= 15 is 0 Å². The Morgan fingerprint density at radius 2 is 2.14 bits per heavy atom. The molecule has 0 saturated carbocycles. The summed E-state index contributed by atoms with van der Waals surface area (Å²) in [6, 6.07) is 0. The van der Waals surface area contributed by atoms with Crippen molar-refractivity contribution in [3.05, 3.63) is 37.2 Å². The van der Waals surface area contributed by atoms with E-state index in [1.165, 1.54) is 19.0 Å². The summed E-state index contributed by atoms with van der Waals surface area (Å²) in [5, 5.41) is 7.87. The van der Waals surface area contributed by atoms with Gasteiger partial charge in [-0.3, -0.25) is 0 Å². The van der Waals surface area contributed by atoms with Crippen LogP contribution in [0.4, 0.5) is 0 Å². The summed E-state index contributed by atoms with van der Waals surface area (Å²) in [5.74, 6) is 0.441. The molecule has 0 fully saturated rings. The lowest BCUT2D eigenvalue weighted by molar-refractivity contribution is 0.563. The minimum absolute atomic E-state index is 0.441. The Kier molecular flexibility index (Phi) is 7.71. The Bertz CT molecular complexity index is 226. The molecule has 0 heterocycles. The predicted octanol–water partition coefficient (Wildman–Crippen LogP) is 4.48. The first kappa shape index (κ1) is 12.8. The molecule has 0 spiro atoms. The minimum Gasteiger partial charge on any atom is -0.160 e. The molecule has 0 bridgehead atoms. The van der Waals surface area contributed by atoms with Gasteiger partial charge in [0.25, 0.3) is 0 Å². The quantitative estimate of drug-likeness (QED) is 0.420. The summed E-state index contributed by atoms with van der Waals surface area (Å²) >= 11 is 0. The number of rotatable bonds is 7. The molecule has 0 aliphatic carbocycles. The van der Waals surface area contributed by atoms with E-state index < -0.39 is 0 Å². The summed E-state index contributed by atoms with van der Waals surface area (Å²) in [6.07, 6.45) is 8.69. The monoisotopic (exact) mass is 192 g/mol. The molecule has 0 aromatic heterocycles. The summed E-state index contributed by atoms with van der Waals surface area (Å²) in [5.41, 5.74) is 0.980. The van der Waals surface area contributed by atoms with E-state index in [1.54, 1.807) is 6.08 Å². The molecular formula is C12H20N2. The standard InChI is InChI=1S/C12H20N2/c1-5-8-10-11(4)12(9-6-2)14-13-7-3/h6-7,9,11H,2-3,5,8,10H2,1,4H3/b12-9-,14-13-. The van der Waals surface area contributed by atoms with Gasteiger partial charge in [-0.2, -0.15) is 10.2 Å². The average molecular weight is 192 g/mol. The van der Waals surface area contributed by atoms with Crippen LogP contribution in [0.2, 0.25) is 0 Å². The molecule has 0 aliphatic heterocycles. The lowest BCUT2D eigenvalue weighted by Crippen LogP contribution is -1.96. The maximum Gasteiger partial charge on any atom is 0.0658 e. The van der Waals surface area contributed by atoms with E-state index in [0.29, 0.717) is 5.92 Å². The third-order valence-corrected chi connectivity index (χ3v) is 2.04. The number of hydrogen-bond donors (Lipinski definition) is 0. The molecule has 2 nitrogen and oxygen atoms in total. The van der Waals surface area contributed by atoms with E-state index in [9.17, 15) is 0 Å². The van der Waals surface area contributed by atoms with E-state index in [4.69, 9.17) is 0 Å². The van der Waals surface area contributed by atoms with Crippen LogP contribution in [0.1, 0.15) is 33.1 Å². The highest BCUT2D eigenvalue weighted by molar-refractivity contribution is 5.11. The van der Waals surface area contributed by atoms with Gasteiger partial charge in [-0.1, -0.05) is 45.9 Å². The van der Waals surface area contributed by atoms with Gasteiger partial charge in [-0.05, 0) is 12.5 Å². The van der Waals surface area contributed by atoms with Gasteiger partial charge in [0.1, 0.15) is 0 Å². The first-order valence-electron chi connectivity index (χ1n) is 5.10. The van der Waals surface area contributed by atoms with E-state index in [0.717, 1.165) is 12.1 Å². The van der Waals surface area contributed by atoms with Crippen molar-refractivity contribution in [3.63, 3.8) is 0 Å². The maximum atomic E-state index is 4.08. The fourth-order valence-corrected chi connectivity index (χ4v) is 1.18. The van der Waals surface area contributed by atoms with Crippen molar-refractivity contribution in [1.82, 2.24) is 0 Å². The summed E-state index contributed by atoms with van der Waals surface area (Å²) in [7, 11) is 0. The van der Waals surface area contributed by atoms with Gasteiger partial charge in [0.15, 0.2) is 0 Å². The van der Waals surface area contributed by atoms with Gasteiger partial charge in [-0.25, -0.2) is 0 Å². The zero-order chi connectivity index (χ0) is 10.8. The second-order valence-corrected chi connectivity index (χ2v) is 3.27. The lowest BCUT2D eigenvalue weighted by atomic mass is 10.0. The molecule has 78 valence electrons. The van der Waals surface area contributed by atoms with Gasteiger partial charge < -0.3 is 0 Å². The first-order chi connectivity index (χ1) is 6.76. The van der Waals surface area contributed by atoms with Crippen molar-refractivity contribution in [2.24, 2.45) is 16.1 Å². The molecule has 1 atom stereocenters. The molecule has 0 aromatic carbocycles. The van der Waals surface area contributed by atoms with Crippen molar-refractivity contribution in [1.29, 1.82) is 0 Å². The van der Waals surface area contributed by atoms with Crippen molar-refractivity contribution >= 4 is 0 Å². The Morgan fingerprint density at radius 1 is 1.43 bits per heavy atom. The number of hydrogen-bond acceptors (Lipinski definition) is 2. The smallest absolute Gasteiger partial charge is 0.0658 e. The number of unbranched alkanes of at least 4 members (excludes halogenated alkanes) is 1. The lowest BCUT2D eigenvalue weighted by Gasteiger charge is -2.09.